The van der Waals surface area contributed by atoms with Crippen LogP contribution in [0.2, 0.25) is 0 Å². The molecule has 3 aliphatic carbocycles. The first-order valence-corrected chi connectivity index (χ1v) is 46.5. The Labute approximate surface area is 741 Å². The Hall–Kier alpha value is -14.0. The molecule has 0 aliphatic heterocycles. The fraction of sp³-hybridized carbons (Fsp3) is 0.226. The van der Waals surface area contributed by atoms with Gasteiger partial charge in [0, 0.05) is 81.4 Å². The molecule has 0 amide bonds. The second kappa shape index (κ2) is 33.2. The van der Waals surface area contributed by atoms with Crippen molar-refractivity contribution in [3.05, 3.63) is 325 Å². The van der Waals surface area contributed by atoms with Gasteiger partial charge in [0.15, 0.2) is 0 Å². The third kappa shape index (κ3) is 13.6. The lowest BCUT2D eigenvalue weighted by molar-refractivity contribution is 0.401. The van der Waals surface area contributed by atoms with E-state index in [1.807, 2.05) is 61.2 Å². The van der Waals surface area contributed by atoms with Crippen molar-refractivity contribution >= 4 is 115 Å². The SMILES string of the molecule is CCCCCCC1(CCCCCC)c2cc(C3=CC=C(c4ccc5c(c4)C(CCCCCC)(CCCCCC)c4cc(-c6ccc(-c7ccc8ccc9cccc%10ccc7c8c9%10)c7nn(-c8ccncc8)nc67)ccc4-5)C(=NNc4ccncc4)C3=N)ccc2-c2ccc(-c3ccc(-c4ccc5ccc6cccc7ccc4c5c67)c4nn(-c5ccncc5)nc34)cc21. The molecule has 12 nitrogen and oxygen atoms in total. The van der Waals surface area contributed by atoms with Crippen molar-refractivity contribution in [3.8, 4) is 78.1 Å². The maximum absolute atomic E-state index is 10.9. The summed E-state index contributed by atoms with van der Waals surface area (Å²) in [5, 5.41) is 53.1. The molecule has 0 spiro atoms. The van der Waals surface area contributed by atoms with Gasteiger partial charge in [-0.05, 0) is 229 Å². The number of unbranched alkanes of at least 4 members (excludes halogenated alkanes) is 12. The number of rotatable bonds is 30. The molecule has 3 aliphatic rings. The van der Waals surface area contributed by atoms with Gasteiger partial charge in [0.25, 0.3) is 0 Å². The van der Waals surface area contributed by atoms with E-state index in [2.05, 4.69) is 266 Å². The van der Waals surface area contributed by atoms with Crippen LogP contribution in [0.4, 0.5) is 5.69 Å². The summed E-state index contributed by atoms with van der Waals surface area (Å²) in [5.74, 6) is 0. The van der Waals surface area contributed by atoms with Gasteiger partial charge in [0.1, 0.15) is 27.8 Å². The Kier molecular flexibility index (Phi) is 20.6. The highest BCUT2D eigenvalue weighted by atomic mass is 15.5. The van der Waals surface area contributed by atoms with Gasteiger partial charge in [0.05, 0.1) is 22.8 Å². The number of aromatic nitrogens is 9. The van der Waals surface area contributed by atoms with E-state index in [1.54, 1.807) is 22.0 Å². The molecule has 19 aromatic rings. The molecule has 0 radical (unpaired) electrons. The van der Waals surface area contributed by atoms with Crippen molar-refractivity contribution in [2.45, 2.75) is 167 Å². The van der Waals surface area contributed by atoms with E-state index in [4.69, 9.17) is 25.5 Å². The van der Waals surface area contributed by atoms with Crippen molar-refractivity contribution in [1.82, 2.24) is 44.9 Å². The number of hydrogen-bond acceptors (Lipinski definition) is 10. The standard InChI is InChI=1S/C115H102N12/c1-5-9-13-17-59-114(60-18-14-10-6-2)100-69-79(35-41-92(100)94-43-37-81(71-102(94)114)88-49-51-98(112-110(88)122-126(124-112)84-55-65-118-66-56-84)90-39-31-77-29-27-73-23-21-25-75-33-45-96(90)106(77)104(73)75)86-47-48-87(109(108(86)116)121-120-83-53-63-117-64-54-83)80-36-42-93-95-44-38-82(72-103(95)115(101(93)70-80,61-19-15-11-7-3)62-20-16-12-8-4)89-50-52-99(113-111(89)123-127(125-113)85-57-67-119-68-58-85)91-40-32-78-30-28-74-24-22-26-76-34-46-97(91)107(78)105(74)76/h21-58,63-72,116H,5-20,59-62H2,1-4H3,(H,117,120). The smallest absolute Gasteiger partial charge is 0.122 e. The largest absolute Gasteiger partial charge is 0.298 e. The Morgan fingerprint density at radius 2 is 0.614 bits per heavy atom. The monoisotopic (exact) mass is 1650 g/mol. The van der Waals surface area contributed by atoms with Crippen molar-refractivity contribution < 1.29 is 0 Å². The minimum absolute atomic E-state index is 0.321. The zero-order chi connectivity index (χ0) is 85.3. The maximum Gasteiger partial charge on any atom is 0.122 e. The first kappa shape index (κ1) is 79.0. The van der Waals surface area contributed by atoms with Crippen molar-refractivity contribution in [2.75, 3.05) is 5.43 Å². The van der Waals surface area contributed by atoms with E-state index < -0.39 is 0 Å². The molecule has 22 rings (SSSR count). The Morgan fingerprint density at radius 1 is 0.299 bits per heavy atom. The molecule has 622 valence electrons. The third-order valence-electron chi connectivity index (χ3n) is 28.5. The molecular formula is C115H102N12. The number of allylic oxidation sites excluding steroid dienone is 4. The van der Waals surface area contributed by atoms with Crippen LogP contribution in [0.15, 0.2) is 297 Å². The van der Waals surface area contributed by atoms with E-state index in [9.17, 15) is 5.41 Å². The van der Waals surface area contributed by atoms with Gasteiger partial charge in [-0.2, -0.15) is 14.7 Å². The average Bonchev–Trinajstić information content (AvgIpc) is 1.63. The van der Waals surface area contributed by atoms with Gasteiger partial charge in [-0.3, -0.25) is 25.8 Å². The molecule has 0 atom stereocenters. The Balaban J connectivity index is 0.667. The molecule has 0 bridgehead atoms. The minimum atomic E-state index is -0.323. The van der Waals surface area contributed by atoms with Gasteiger partial charge in [-0.1, -0.05) is 325 Å². The lowest BCUT2D eigenvalue weighted by Gasteiger charge is -2.34. The summed E-state index contributed by atoms with van der Waals surface area (Å²) in [7, 11) is 0. The van der Waals surface area contributed by atoms with Crippen molar-refractivity contribution in [1.29, 1.82) is 5.41 Å². The summed E-state index contributed by atoms with van der Waals surface area (Å²) in [6, 6.07) is 90.6. The number of fused-ring (bicyclic) bond motifs is 8. The van der Waals surface area contributed by atoms with Crippen LogP contribution in [0.3, 0.4) is 0 Å². The highest BCUT2D eigenvalue weighted by Crippen LogP contribution is 2.59. The summed E-state index contributed by atoms with van der Waals surface area (Å²) >= 11 is 0. The predicted molar refractivity (Wildman–Crippen MR) is 529 cm³/mol. The number of benzene rings is 14. The molecule has 14 aromatic carbocycles. The number of pyridine rings is 3. The van der Waals surface area contributed by atoms with E-state index in [0.29, 0.717) is 11.4 Å². The molecule has 5 aromatic heterocycles. The molecular weight excluding hydrogens is 1550 g/mol. The number of hydrogen-bond donors (Lipinski definition) is 2. The van der Waals surface area contributed by atoms with E-state index >= 15 is 0 Å². The summed E-state index contributed by atoms with van der Waals surface area (Å²) in [4.78, 5) is 16.8. The summed E-state index contributed by atoms with van der Waals surface area (Å²) in [6.45, 7) is 9.28. The van der Waals surface area contributed by atoms with Crippen LogP contribution in [-0.4, -0.2) is 56.4 Å². The van der Waals surface area contributed by atoms with E-state index in [1.165, 1.54) is 135 Å². The first-order valence-electron chi connectivity index (χ1n) is 46.5. The van der Waals surface area contributed by atoms with Crippen LogP contribution in [0.25, 0.3) is 176 Å². The number of hydrazone groups is 1. The molecule has 2 N–H and O–H groups in total. The van der Waals surface area contributed by atoms with Crippen LogP contribution in [0.5, 0.6) is 0 Å². The fourth-order valence-corrected chi connectivity index (χ4v) is 22.1. The highest BCUT2D eigenvalue weighted by molar-refractivity contribution is 6.69. The molecule has 5 heterocycles. The molecule has 0 fully saturated rings. The van der Waals surface area contributed by atoms with E-state index in [-0.39, 0.29) is 10.8 Å². The van der Waals surface area contributed by atoms with Crippen LogP contribution >= 0.6 is 0 Å². The van der Waals surface area contributed by atoms with E-state index in [0.717, 1.165) is 209 Å². The molecule has 12 heteroatoms. The first-order chi connectivity index (χ1) is 62.7. The predicted octanol–water partition coefficient (Wildman–Crippen LogP) is 30.2. The zero-order valence-corrected chi connectivity index (χ0v) is 72.8. The summed E-state index contributed by atoms with van der Waals surface area (Å²) in [6.07, 6.45) is 37.8. The minimum Gasteiger partial charge on any atom is -0.298 e. The average molecular weight is 1650 g/mol. The van der Waals surface area contributed by atoms with Crippen LogP contribution in [0.1, 0.15) is 189 Å². The normalized spacial score (nSPS) is 14.2. The molecule has 0 saturated heterocycles. The molecule has 127 heavy (non-hydrogen) atoms. The molecule has 0 unspecified atom stereocenters. The second-order valence-electron chi connectivity index (χ2n) is 35.8. The number of nitrogens with zero attached hydrogens (tertiary/aromatic N) is 10. The lowest BCUT2D eigenvalue weighted by Crippen LogP contribution is -2.27. The molecule has 0 saturated carbocycles. The van der Waals surface area contributed by atoms with Crippen LogP contribution in [0, 0.1) is 5.41 Å². The maximum atomic E-state index is 10.9. The summed E-state index contributed by atoms with van der Waals surface area (Å²) in [5.41, 5.74) is 32.8. The topological polar surface area (TPSA) is 148 Å². The summed E-state index contributed by atoms with van der Waals surface area (Å²) < 4.78 is 0. The van der Waals surface area contributed by atoms with Gasteiger partial charge in [-0.25, -0.2) is 0 Å². The van der Waals surface area contributed by atoms with Gasteiger partial charge in [0.2, 0.25) is 0 Å². The van der Waals surface area contributed by atoms with Crippen LogP contribution < -0.4 is 5.43 Å². The Morgan fingerprint density at radius 3 is 1.02 bits per heavy atom. The second-order valence-corrected chi connectivity index (χ2v) is 35.8. The third-order valence-corrected chi connectivity index (χ3v) is 28.5. The van der Waals surface area contributed by atoms with Crippen LogP contribution in [-0.2, 0) is 10.8 Å². The number of anilines is 1. The van der Waals surface area contributed by atoms with Crippen molar-refractivity contribution in [3.63, 3.8) is 0 Å². The van der Waals surface area contributed by atoms with Gasteiger partial charge < -0.3 is 0 Å². The number of nitrogens with one attached hydrogen (secondary N) is 2. The lowest BCUT2D eigenvalue weighted by atomic mass is 9.69. The Bertz CT molecular complexity index is 7520. The zero-order valence-electron chi connectivity index (χ0n) is 72.8. The fourth-order valence-electron chi connectivity index (χ4n) is 22.1. The quantitative estimate of drug-likeness (QED) is 0.0196. The van der Waals surface area contributed by atoms with Gasteiger partial charge >= 0.3 is 0 Å². The van der Waals surface area contributed by atoms with Crippen molar-refractivity contribution in [2.24, 2.45) is 5.10 Å². The van der Waals surface area contributed by atoms with Gasteiger partial charge in [-0.15, -0.1) is 20.4 Å². The highest BCUT2D eigenvalue weighted by Gasteiger charge is 2.46.